The third-order valence-electron chi connectivity index (χ3n) is 2.40. The highest BCUT2D eigenvalue weighted by atomic mass is 35.5. The van der Waals surface area contributed by atoms with Gasteiger partial charge >= 0.3 is 5.97 Å². The number of pyridine rings is 1. The van der Waals surface area contributed by atoms with Gasteiger partial charge in [0.25, 0.3) is 0 Å². The molecule has 1 heterocycles. The second kappa shape index (κ2) is 5.98. The summed E-state index contributed by atoms with van der Waals surface area (Å²) in [5.41, 5.74) is -0.0291. The monoisotopic (exact) mass is 313 g/mol. The van der Waals surface area contributed by atoms with Gasteiger partial charge in [-0.25, -0.2) is 9.78 Å². The molecule has 0 spiro atoms. The summed E-state index contributed by atoms with van der Waals surface area (Å²) in [6.07, 6.45) is 1.35. The largest absolute Gasteiger partial charge is 0.497 e. The van der Waals surface area contributed by atoms with Gasteiger partial charge in [-0.3, -0.25) is 0 Å². The van der Waals surface area contributed by atoms with Gasteiger partial charge in [0.05, 0.1) is 12.1 Å². The minimum absolute atomic E-state index is 0.0291. The number of carboxylic acids is 1. The number of carboxylic acid groups (broad SMARTS) is 1. The highest BCUT2D eigenvalue weighted by Crippen LogP contribution is 2.33. The number of aromatic carboxylic acids is 1. The van der Waals surface area contributed by atoms with E-state index in [9.17, 15) is 4.79 Å². The first-order chi connectivity index (χ1) is 9.51. The standard InChI is InChI=1S/C13H9Cl2NO4/c1-19-8-2-3-9(13(17)18)11(5-8)20-12-10(15)4-7(14)6-16-12/h2-6H,1H3,(H,17,18). The Balaban J connectivity index is 2.43. The molecule has 0 saturated heterocycles. The minimum Gasteiger partial charge on any atom is -0.497 e. The number of ether oxygens (including phenoxy) is 2. The Bertz CT molecular complexity index is 661. The van der Waals surface area contributed by atoms with Crippen LogP contribution in [-0.2, 0) is 0 Å². The zero-order valence-electron chi connectivity index (χ0n) is 10.3. The lowest BCUT2D eigenvalue weighted by atomic mass is 10.2. The van der Waals surface area contributed by atoms with Crippen molar-refractivity contribution < 1.29 is 19.4 Å². The molecule has 0 aliphatic rings. The smallest absolute Gasteiger partial charge is 0.339 e. The molecule has 104 valence electrons. The maximum absolute atomic E-state index is 11.2. The fourth-order valence-electron chi connectivity index (χ4n) is 1.47. The predicted octanol–water partition coefficient (Wildman–Crippen LogP) is 3.89. The normalized spacial score (nSPS) is 10.2. The van der Waals surface area contributed by atoms with Crippen LogP contribution in [0.25, 0.3) is 0 Å². The quantitative estimate of drug-likeness (QED) is 0.927. The molecule has 0 aliphatic heterocycles. The summed E-state index contributed by atoms with van der Waals surface area (Å²) >= 11 is 11.7. The van der Waals surface area contributed by atoms with Crippen molar-refractivity contribution in [1.29, 1.82) is 0 Å². The van der Waals surface area contributed by atoms with Crippen LogP contribution in [0.15, 0.2) is 30.5 Å². The number of carbonyl (C=O) groups is 1. The van der Waals surface area contributed by atoms with E-state index in [-0.39, 0.29) is 22.2 Å². The molecule has 20 heavy (non-hydrogen) atoms. The molecule has 0 aliphatic carbocycles. The van der Waals surface area contributed by atoms with Gasteiger partial charge in [0, 0.05) is 12.3 Å². The fourth-order valence-corrected chi connectivity index (χ4v) is 1.89. The van der Waals surface area contributed by atoms with Crippen LogP contribution in [-0.4, -0.2) is 23.2 Å². The molecule has 7 heteroatoms. The summed E-state index contributed by atoms with van der Waals surface area (Å²) in [6.45, 7) is 0. The van der Waals surface area contributed by atoms with E-state index in [0.717, 1.165) is 0 Å². The lowest BCUT2D eigenvalue weighted by molar-refractivity contribution is 0.0694. The van der Waals surface area contributed by atoms with Crippen LogP contribution in [0.4, 0.5) is 0 Å². The first-order valence-electron chi connectivity index (χ1n) is 5.41. The van der Waals surface area contributed by atoms with Crippen molar-refractivity contribution in [2.45, 2.75) is 0 Å². The summed E-state index contributed by atoms with van der Waals surface area (Å²) in [5, 5.41) is 9.66. The van der Waals surface area contributed by atoms with E-state index < -0.39 is 5.97 Å². The molecule has 1 N–H and O–H groups in total. The van der Waals surface area contributed by atoms with E-state index in [0.29, 0.717) is 10.8 Å². The number of hydrogen-bond donors (Lipinski definition) is 1. The number of rotatable bonds is 4. The molecule has 0 amide bonds. The van der Waals surface area contributed by atoms with Crippen LogP contribution in [0.5, 0.6) is 17.4 Å². The van der Waals surface area contributed by atoms with Gasteiger partial charge in [0.1, 0.15) is 22.1 Å². The summed E-state index contributed by atoms with van der Waals surface area (Å²) in [6, 6.07) is 5.79. The SMILES string of the molecule is COc1ccc(C(=O)O)c(Oc2ncc(Cl)cc2Cl)c1. The van der Waals surface area contributed by atoms with Crippen LogP contribution in [0.1, 0.15) is 10.4 Å². The fraction of sp³-hybridized carbons (Fsp3) is 0.0769. The van der Waals surface area contributed by atoms with E-state index >= 15 is 0 Å². The number of halogens is 2. The number of hydrogen-bond acceptors (Lipinski definition) is 4. The van der Waals surface area contributed by atoms with Crippen molar-refractivity contribution in [3.8, 4) is 17.4 Å². The zero-order valence-corrected chi connectivity index (χ0v) is 11.8. The van der Waals surface area contributed by atoms with Crippen molar-refractivity contribution in [2.24, 2.45) is 0 Å². The van der Waals surface area contributed by atoms with E-state index in [1.54, 1.807) is 0 Å². The average Bonchev–Trinajstić information content (AvgIpc) is 2.41. The van der Waals surface area contributed by atoms with Gasteiger partial charge < -0.3 is 14.6 Å². The predicted molar refractivity (Wildman–Crippen MR) is 74.3 cm³/mol. The van der Waals surface area contributed by atoms with Crippen molar-refractivity contribution in [3.63, 3.8) is 0 Å². The third-order valence-corrected chi connectivity index (χ3v) is 2.88. The van der Waals surface area contributed by atoms with E-state index in [1.165, 1.54) is 37.6 Å². The maximum Gasteiger partial charge on any atom is 0.339 e. The van der Waals surface area contributed by atoms with Crippen LogP contribution in [0, 0.1) is 0 Å². The summed E-state index contributed by atoms with van der Waals surface area (Å²) in [4.78, 5) is 15.1. The summed E-state index contributed by atoms with van der Waals surface area (Å²) in [7, 11) is 1.47. The Kier molecular flexibility index (Phi) is 4.32. The van der Waals surface area contributed by atoms with Crippen LogP contribution in [0.2, 0.25) is 10.0 Å². The molecule has 1 aromatic carbocycles. The van der Waals surface area contributed by atoms with Gasteiger partial charge in [-0.15, -0.1) is 0 Å². The summed E-state index contributed by atoms with van der Waals surface area (Å²) in [5.74, 6) is -0.539. The van der Waals surface area contributed by atoms with E-state index in [4.69, 9.17) is 37.8 Å². The molecular weight excluding hydrogens is 305 g/mol. The number of aromatic nitrogens is 1. The zero-order chi connectivity index (χ0) is 14.7. The third kappa shape index (κ3) is 3.12. The highest BCUT2D eigenvalue weighted by Gasteiger charge is 2.15. The molecule has 0 saturated carbocycles. The number of nitrogens with zero attached hydrogens (tertiary/aromatic N) is 1. The molecule has 0 radical (unpaired) electrons. The first-order valence-corrected chi connectivity index (χ1v) is 6.17. The Hall–Kier alpha value is -1.98. The first kappa shape index (κ1) is 14.4. The number of methoxy groups -OCH3 is 1. The second-order valence-electron chi connectivity index (χ2n) is 3.71. The van der Waals surface area contributed by atoms with Gasteiger partial charge in [-0.1, -0.05) is 23.2 Å². The second-order valence-corrected chi connectivity index (χ2v) is 4.55. The Morgan fingerprint density at radius 1 is 1.30 bits per heavy atom. The van der Waals surface area contributed by atoms with E-state index in [1.807, 2.05) is 0 Å². The minimum atomic E-state index is -1.13. The summed E-state index contributed by atoms with van der Waals surface area (Å²) < 4.78 is 10.5. The van der Waals surface area contributed by atoms with Crippen molar-refractivity contribution in [3.05, 3.63) is 46.1 Å². The molecule has 0 fully saturated rings. The Morgan fingerprint density at radius 3 is 2.65 bits per heavy atom. The molecule has 2 aromatic rings. The molecular formula is C13H9Cl2NO4. The lowest BCUT2D eigenvalue weighted by Crippen LogP contribution is -2.01. The Labute approximate surface area is 124 Å². The van der Waals surface area contributed by atoms with Crippen molar-refractivity contribution >= 4 is 29.2 Å². The van der Waals surface area contributed by atoms with Gasteiger partial charge in [-0.2, -0.15) is 0 Å². The van der Waals surface area contributed by atoms with E-state index in [2.05, 4.69) is 4.98 Å². The number of benzene rings is 1. The molecule has 0 unspecified atom stereocenters. The van der Waals surface area contributed by atoms with Gasteiger partial charge in [0.15, 0.2) is 0 Å². The van der Waals surface area contributed by atoms with Crippen molar-refractivity contribution in [2.75, 3.05) is 7.11 Å². The highest BCUT2D eigenvalue weighted by molar-refractivity contribution is 6.35. The van der Waals surface area contributed by atoms with Crippen LogP contribution >= 0.6 is 23.2 Å². The maximum atomic E-state index is 11.2. The van der Waals surface area contributed by atoms with Crippen molar-refractivity contribution in [1.82, 2.24) is 4.98 Å². The Morgan fingerprint density at radius 2 is 2.05 bits per heavy atom. The molecule has 5 nitrogen and oxygen atoms in total. The van der Waals surface area contributed by atoms with Crippen LogP contribution < -0.4 is 9.47 Å². The van der Waals surface area contributed by atoms with Gasteiger partial charge in [-0.05, 0) is 18.2 Å². The molecule has 0 atom stereocenters. The van der Waals surface area contributed by atoms with Gasteiger partial charge in [0.2, 0.25) is 5.88 Å². The average molecular weight is 314 g/mol. The lowest BCUT2D eigenvalue weighted by Gasteiger charge is -2.10. The molecule has 0 bridgehead atoms. The molecule has 2 rings (SSSR count). The van der Waals surface area contributed by atoms with Crippen LogP contribution in [0.3, 0.4) is 0 Å². The topological polar surface area (TPSA) is 68.7 Å². The molecule has 1 aromatic heterocycles.